The molecule has 9 heteroatoms. The van der Waals surface area contributed by atoms with Gasteiger partial charge in [-0.25, -0.2) is 4.79 Å². The highest BCUT2D eigenvalue weighted by Gasteiger charge is 2.39. The van der Waals surface area contributed by atoms with Crippen LogP contribution in [-0.4, -0.2) is 38.4 Å². The molecule has 0 aromatic heterocycles. The van der Waals surface area contributed by atoms with E-state index in [1.54, 1.807) is 19.2 Å². The first-order chi connectivity index (χ1) is 10.8. The Labute approximate surface area is 130 Å². The summed E-state index contributed by atoms with van der Waals surface area (Å²) < 4.78 is 52.3. The van der Waals surface area contributed by atoms with Crippen molar-refractivity contribution in [3.8, 4) is 11.5 Å². The van der Waals surface area contributed by atoms with Gasteiger partial charge in [-0.05, 0) is 26.0 Å². The molecule has 0 saturated heterocycles. The number of anilines is 1. The van der Waals surface area contributed by atoms with Crippen LogP contribution in [0.3, 0.4) is 0 Å². The molecule has 128 valence electrons. The Bertz CT molecular complexity index is 587. The highest BCUT2D eigenvalue weighted by atomic mass is 19.4. The zero-order valence-electron chi connectivity index (χ0n) is 12.7. The summed E-state index contributed by atoms with van der Waals surface area (Å²) in [7, 11) is 1.11. The quantitative estimate of drug-likeness (QED) is 0.809. The number of amides is 1. The Kier molecular flexibility index (Phi) is 6.23. The first kappa shape index (κ1) is 18.6. The number of nitrogens with one attached hydrogen (secondary N) is 1. The number of hydrogen-bond donors (Lipinski definition) is 1. The van der Waals surface area contributed by atoms with Crippen LogP contribution in [0, 0.1) is 0 Å². The number of carbonyl (C=O) groups excluding carboxylic acids is 2. The fourth-order valence-corrected chi connectivity index (χ4v) is 1.72. The van der Waals surface area contributed by atoms with Gasteiger partial charge in [0.15, 0.2) is 5.75 Å². The number of esters is 1. The predicted octanol–water partition coefficient (Wildman–Crippen LogP) is 2.77. The average Bonchev–Trinajstić information content (AvgIpc) is 2.48. The molecule has 0 atom stereocenters. The van der Waals surface area contributed by atoms with E-state index in [1.165, 1.54) is 6.07 Å². The minimum Gasteiger partial charge on any atom is -0.493 e. The van der Waals surface area contributed by atoms with Crippen LogP contribution in [0.25, 0.3) is 0 Å². The van der Waals surface area contributed by atoms with E-state index in [4.69, 9.17) is 9.47 Å². The number of carbonyl (C=O) groups is 2. The van der Waals surface area contributed by atoms with Crippen LogP contribution in [0.5, 0.6) is 11.5 Å². The summed E-state index contributed by atoms with van der Waals surface area (Å²) in [5, 5.41) is 1.67. The number of rotatable bonds is 6. The summed E-state index contributed by atoms with van der Waals surface area (Å²) in [5.74, 6) is -3.21. The number of hydrogen-bond acceptors (Lipinski definition) is 5. The number of benzene rings is 1. The second-order valence-corrected chi connectivity index (χ2v) is 4.12. The van der Waals surface area contributed by atoms with Gasteiger partial charge < -0.3 is 19.5 Å². The van der Waals surface area contributed by atoms with Crippen LogP contribution in [-0.2, 0) is 9.53 Å². The lowest BCUT2D eigenvalue weighted by molar-refractivity contribution is -0.167. The molecule has 1 rings (SSSR count). The third-order valence-electron chi connectivity index (χ3n) is 2.60. The second kappa shape index (κ2) is 7.70. The Balaban J connectivity index is 3.41. The molecule has 0 aliphatic heterocycles. The lowest BCUT2D eigenvalue weighted by atomic mass is 10.1. The minimum absolute atomic E-state index is 0.0501. The first-order valence-electron chi connectivity index (χ1n) is 6.65. The maximum Gasteiger partial charge on any atom is 0.471 e. The maximum atomic E-state index is 12.4. The van der Waals surface area contributed by atoms with E-state index in [1.807, 2.05) is 0 Å². The van der Waals surface area contributed by atoms with E-state index >= 15 is 0 Å². The molecular weight excluding hydrogens is 319 g/mol. The minimum atomic E-state index is -5.08. The summed E-state index contributed by atoms with van der Waals surface area (Å²) >= 11 is 0. The van der Waals surface area contributed by atoms with Gasteiger partial charge in [0.25, 0.3) is 0 Å². The zero-order valence-corrected chi connectivity index (χ0v) is 12.7. The predicted molar refractivity (Wildman–Crippen MR) is 74.8 cm³/mol. The van der Waals surface area contributed by atoms with Gasteiger partial charge in [0.1, 0.15) is 11.3 Å². The summed E-state index contributed by atoms with van der Waals surface area (Å²) in [6.07, 6.45) is -5.08. The van der Waals surface area contributed by atoms with E-state index in [9.17, 15) is 22.8 Å². The molecule has 0 radical (unpaired) electrons. The smallest absolute Gasteiger partial charge is 0.471 e. The molecule has 0 aliphatic rings. The second-order valence-electron chi connectivity index (χ2n) is 4.12. The lowest BCUT2D eigenvalue weighted by Crippen LogP contribution is -2.30. The SMILES string of the molecule is CCOc1ccc(NC(=O)C(F)(F)F)c(OCC)c1C(=O)OC. The molecule has 0 aliphatic carbocycles. The summed E-state index contributed by atoms with van der Waals surface area (Å²) in [4.78, 5) is 23.0. The number of alkyl halides is 3. The first-order valence-corrected chi connectivity index (χ1v) is 6.65. The molecule has 0 bridgehead atoms. The third-order valence-corrected chi connectivity index (χ3v) is 2.60. The molecule has 23 heavy (non-hydrogen) atoms. The molecule has 1 aromatic rings. The summed E-state index contributed by atoms with van der Waals surface area (Å²) in [6.45, 7) is 3.50. The van der Waals surface area contributed by atoms with E-state index in [0.29, 0.717) is 0 Å². The topological polar surface area (TPSA) is 73.9 Å². The van der Waals surface area contributed by atoms with E-state index in [2.05, 4.69) is 4.74 Å². The molecule has 0 saturated carbocycles. The molecule has 6 nitrogen and oxygen atoms in total. The van der Waals surface area contributed by atoms with Gasteiger partial charge in [0.05, 0.1) is 26.0 Å². The molecule has 0 heterocycles. The van der Waals surface area contributed by atoms with Crippen LogP contribution < -0.4 is 14.8 Å². The summed E-state index contributed by atoms with van der Waals surface area (Å²) in [5.41, 5.74) is -0.505. The highest BCUT2D eigenvalue weighted by molar-refractivity contribution is 6.02. The van der Waals surface area contributed by atoms with Gasteiger partial charge in [0, 0.05) is 0 Å². The van der Waals surface area contributed by atoms with Gasteiger partial charge >= 0.3 is 18.1 Å². The largest absolute Gasteiger partial charge is 0.493 e. The Morgan fingerprint density at radius 1 is 1.13 bits per heavy atom. The molecular formula is C14H16F3NO5. The van der Waals surface area contributed by atoms with Crippen LogP contribution >= 0.6 is 0 Å². The fraction of sp³-hybridized carbons (Fsp3) is 0.429. The fourth-order valence-electron chi connectivity index (χ4n) is 1.72. The molecule has 1 aromatic carbocycles. The standard InChI is InChI=1S/C14H16F3NO5/c1-4-22-9-7-6-8(18-13(20)14(15,16)17)11(23-5-2)10(9)12(19)21-3/h6-7H,4-5H2,1-3H3,(H,18,20). The van der Waals surface area contributed by atoms with Crippen molar-refractivity contribution >= 4 is 17.6 Å². The van der Waals surface area contributed by atoms with Crippen molar-refractivity contribution in [1.82, 2.24) is 0 Å². The van der Waals surface area contributed by atoms with Gasteiger partial charge in [-0.1, -0.05) is 0 Å². The van der Waals surface area contributed by atoms with Crippen molar-refractivity contribution in [3.05, 3.63) is 17.7 Å². The van der Waals surface area contributed by atoms with Gasteiger partial charge in [-0.15, -0.1) is 0 Å². The van der Waals surface area contributed by atoms with Crippen LogP contribution in [0.1, 0.15) is 24.2 Å². The third kappa shape index (κ3) is 4.51. The van der Waals surface area contributed by atoms with Crippen LogP contribution in [0.15, 0.2) is 12.1 Å². The lowest BCUT2D eigenvalue weighted by Gasteiger charge is -2.18. The van der Waals surface area contributed by atoms with E-state index in [0.717, 1.165) is 13.2 Å². The molecule has 1 amide bonds. The number of ether oxygens (including phenoxy) is 3. The van der Waals surface area contributed by atoms with Crippen molar-refractivity contribution in [2.45, 2.75) is 20.0 Å². The van der Waals surface area contributed by atoms with Crippen molar-refractivity contribution in [1.29, 1.82) is 0 Å². The Hall–Kier alpha value is -2.45. The van der Waals surface area contributed by atoms with Crippen molar-refractivity contribution in [2.24, 2.45) is 0 Å². The number of methoxy groups -OCH3 is 1. The summed E-state index contributed by atoms with van der Waals surface area (Å²) in [6, 6.07) is 2.41. The molecule has 0 spiro atoms. The van der Waals surface area contributed by atoms with Gasteiger partial charge in [0.2, 0.25) is 0 Å². The maximum absolute atomic E-state index is 12.4. The number of halogens is 3. The van der Waals surface area contributed by atoms with Crippen LogP contribution in [0.2, 0.25) is 0 Å². The van der Waals surface area contributed by atoms with Gasteiger partial charge in [-0.2, -0.15) is 13.2 Å². The zero-order chi connectivity index (χ0) is 17.6. The van der Waals surface area contributed by atoms with Gasteiger partial charge in [-0.3, -0.25) is 4.79 Å². The van der Waals surface area contributed by atoms with Crippen LogP contribution in [0.4, 0.5) is 18.9 Å². The molecule has 0 fully saturated rings. The van der Waals surface area contributed by atoms with Crippen molar-refractivity contribution < 1.29 is 37.0 Å². The average molecular weight is 335 g/mol. The Morgan fingerprint density at radius 2 is 1.74 bits per heavy atom. The van der Waals surface area contributed by atoms with Crippen molar-refractivity contribution in [3.63, 3.8) is 0 Å². The normalized spacial score (nSPS) is 10.9. The monoisotopic (exact) mass is 335 g/mol. The van der Waals surface area contributed by atoms with Crippen molar-refractivity contribution in [2.75, 3.05) is 25.6 Å². The van der Waals surface area contributed by atoms with E-state index in [-0.39, 0.29) is 36.0 Å². The highest BCUT2D eigenvalue weighted by Crippen LogP contribution is 2.37. The molecule has 0 unspecified atom stereocenters. The van der Waals surface area contributed by atoms with E-state index < -0.39 is 18.1 Å². The molecule has 1 N–H and O–H groups in total. The Morgan fingerprint density at radius 3 is 2.22 bits per heavy atom.